The summed E-state index contributed by atoms with van der Waals surface area (Å²) in [7, 11) is 5.45. The molecule has 0 fully saturated rings. The van der Waals surface area contributed by atoms with E-state index in [2.05, 4.69) is 20.6 Å². The first-order chi connectivity index (χ1) is 11.5. The second-order valence-corrected chi connectivity index (χ2v) is 5.75. The first kappa shape index (κ1) is 18.0. The summed E-state index contributed by atoms with van der Waals surface area (Å²) in [5.74, 6) is 0.864. The molecular weight excluding hydrogens is 330 g/mol. The van der Waals surface area contributed by atoms with Crippen LogP contribution >= 0.6 is 11.6 Å². The van der Waals surface area contributed by atoms with Gasteiger partial charge in [0.05, 0.1) is 25.2 Å². The molecule has 1 amide bonds. The number of aromatic nitrogens is 2. The fourth-order valence-corrected chi connectivity index (χ4v) is 2.08. The highest BCUT2D eigenvalue weighted by Gasteiger charge is 2.09. The number of carbonyl (C=O) groups excluding carboxylic acids is 1. The van der Waals surface area contributed by atoms with Crippen LogP contribution in [0.1, 0.15) is 10.5 Å². The van der Waals surface area contributed by atoms with E-state index in [1.165, 1.54) is 12.4 Å². The Bertz CT molecular complexity index is 691. The minimum Gasteiger partial charge on any atom is -0.495 e. The van der Waals surface area contributed by atoms with Gasteiger partial charge in [-0.25, -0.2) is 9.97 Å². The third kappa shape index (κ3) is 5.07. The first-order valence-electron chi connectivity index (χ1n) is 7.35. The molecule has 128 valence electrons. The van der Waals surface area contributed by atoms with E-state index in [4.69, 9.17) is 16.3 Å². The molecule has 0 aliphatic heterocycles. The van der Waals surface area contributed by atoms with Gasteiger partial charge in [0.2, 0.25) is 0 Å². The fourth-order valence-electron chi connectivity index (χ4n) is 1.91. The van der Waals surface area contributed by atoms with Crippen molar-refractivity contribution in [2.75, 3.05) is 39.6 Å². The molecule has 7 nitrogen and oxygen atoms in total. The number of nitrogens with one attached hydrogen (secondary N) is 2. The van der Waals surface area contributed by atoms with Crippen LogP contribution in [0.4, 0.5) is 11.5 Å². The average molecular weight is 350 g/mol. The highest BCUT2D eigenvalue weighted by molar-refractivity contribution is 6.31. The van der Waals surface area contributed by atoms with Gasteiger partial charge in [-0.1, -0.05) is 11.6 Å². The van der Waals surface area contributed by atoms with E-state index in [0.29, 0.717) is 28.8 Å². The molecule has 8 heteroatoms. The summed E-state index contributed by atoms with van der Waals surface area (Å²) in [6.45, 7) is 1.31. The van der Waals surface area contributed by atoms with Crippen molar-refractivity contribution in [3.05, 3.63) is 41.3 Å². The zero-order valence-electron chi connectivity index (χ0n) is 13.8. The molecule has 24 heavy (non-hydrogen) atoms. The van der Waals surface area contributed by atoms with Crippen molar-refractivity contribution in [2.24, 2.45) is 0 Å². The Kier molecular flexibility index (Phi) is 6.34. The van der Waals surface area contributed by atoms with E-state index in [9.17, 15) is 4.79 Å². The lowest BCUT2D eigenvalue weighted by molar-refractivity contribution is 0.0945. The van der Waals surface area contributed by atoms with E-state index < -0.39 is 0 Å². The molecule has 1 aromatic heterocycles. The van der Waals surface area contributed by atoms with Gasteiger partial charge in [0, 0.05) is 18.1 Å². The van der Waals surface area contributed by atoms with Gasteiger partial charge in [-0.3, -0.25) is 4.79 Å². The van der Waals surface area contributed by atoms with Gasteiger partial charge in [-0.15, -0.1) is 0 Å². The highest BCUT2D eigenvalue weighted by Crippen LogP contribution is 2.29. The number of carbonyl (C=O) groups is 1. The van der Waals surface area contributed by atoms with Gasteiger partial charge in [0.25, 0.3) is 5.91 Å². The van der Waals surface area contributed by atoms with Crippen molar-refractivity contribution in [1.82, 2.24) is 20.2 Å². The van der Waals surface area contributed by atoms with Gasteiger partial charge in [0.1, 0.15) is 17.3 Å². The van der Waals surface area contributed by atoms with Crippen LogP contribution in [-0.4, -0.2) is 55.1 Å². The molecule has 2 rings (SSSR count). The Morgan fingerprint density at radius 1 is 1.29 bits per heavy atom. The summed E-state index contributed by atoms with van der Waals surface area (Å²) in [5.41, 5.74) is 0.930. The number of anilines is 2. The summed E-state index contributed by atoms with van der Waals surface area (Å²) in [5, 5.41) is 6.42. The maximum absolute atomic E-state index is 12.0. The third-order valence-corrected chi connectivity index (χ3v) is 3.39. The van der Waals surface area contributed by atoms with E-state index >= 15 is 0 Å². The number of hydrogen-bond acceptors (Lipinski definition) is 6. The van der Waals surface area contributed by atoms with Crippen molar-refractivity contribution >= 4 is 29.0 Å². The van der Waals surface area contributed by atoms with E-state index in [1.807, 2.05) is 19.0 Å². The van der Waals surface area contributed by atoms with E-state index in [0.717, 1.165) is 6.54 Å². The number of nitrogens with zero attached hydrogens (tertiary/aromatic N) is 3. The predicted octanol–water partition coefficient (Wildman–Crippen LogP) is 2.17. The summed E-state index contributed by atoms with van der Waals surface area (Å²) >= 11 is 5.99. The molecular formula is C16H20ClN5O2. The Morgan fingerprint density at radius 2 is 2.08 bits per heavy atom. The van der Waals surface area contributed by atoms with Crippen LogP contribution in [-0.2, 0) is 0 Å². The van der Waals surface area contributed by atoms with Crippen LogP contribution in [0.25, 0.3) is 0 Å². The fraction of sp³-hybridized carbons (Fsp3) is 0.312. The normalized spacial score (nSPS) is 10.5. The Morgan fingerprint density at radius 3 is 2.71 bits per heavy atom. The molecule has 0 aliphatic rings. The van der Waals surface area contributed by atoms with Crippen LogP contribution < -0.4 is 15.4 Å². The Hall–Kier alpha value is -2.38. The van der Waals surface area contributed by atoms with Crippen LogP contribution in [0.3, 0.4) is 0 Å². The number of methoxy groups -OCH3 is 1. The molecule has 1 heterocycles. The average Bonchev–Trinajstić information content (AvgIpc) is 2.55. The molecule has 2 N–H and O–H groups in total. The van der Waals surface area contributed by atoms with Crippen LogP contribution in [0.5, 0.6) is 5.75 Å². The molecule has 0 bridgehead atoms. The number of hydrogen-bond donors (Lipinski definition) is 2. The third-order valence-electron chi connectivity index (χ3n) is 3.15. The first-order valence-corrected chi connectivity index (χ1v) is 7.73. The second kappa shape index (κ2) is 8.47. The van der Waals surface area contributed by atoms with Crippen molar-refractivity contribution < 1.29 is 9.53 Å². The Balaban J connectivity index is 2.02. The van der Waals surface area contributed by atoms with Crippen molar-refractivity contribution in [2.45, 2.75) is 0 Å². The number of ether oxygens (including phenoxy) is 1. The van der Waals surface area contributed by atoms with Gasteiger partial charge in [0.15, 0.2) is 0 Å². The van der Waals surface area contributed by atoms with Crippen molar-refractivity contribution in [3.63, 3.8) is 0 Å². The SMILES string of the molecule is COc1ccc(Cl)cc1Nc1cnc(C(=O)NCCN(C)C)cn1. The van der Waals surface area contributed by atoms with Crippen LogP contribution in [0.2, 0.25) is 5.02 Å². The molecule has 1 aromatic carbocycles. The zero-order chi connectivity index (χ0) is 17.5. The van der Waals surface area contributed by atoms with Crippen LogP contribution in [0, 0.1) is 0 Å². The summed E-state index contributed by atoms with van der Waals surface area (Å²) in [6.07, 6.45) is 2.91. The highest BCUT2D eigenvalue weighted by atomic mass is 35.5. The van der Waals surface area contributed by atoms with Gasteiger partial charge in [-0.2, -0.15) is 0 Å². The quantitative estimate of drug-likeness (QED) is 0.797. The predicted molar refractivity (Wildman–Crippen MR) is 94.2 cm³/mol. The number of rotatable bonds is 7. The minimum atomic E-state index is -0.253. The van der Waals surface area contributed by atoms with E-state index in [-0.39, 0.29) is 11.6 Å². The maximum atomic E-state index is 12.0. The standard InChI is InChI=1S/C16H20ClN5O2/c1-22(2)7-6-18-16(23)13-9-20-15(10-19-13)21-12-8-11(17)4-5-14(12)24-3/h4-5,8-10H,6-7H2,1-3H3,(H,18,23)(H,20,21). The molecule has 0 spiro atoms. The molecule has 0 saturated heterocycles. The minimum absolute atomic E-state index is 0.253. The summed E-state index contributed by atoms with van der Waals surface area (Å²) in [6, 6.07) is 5.22. The Labute approximate surface area is 146 Å². The smallest absolute Gasteiger partial charge is 0.271 e. The number of likely N-dealkylation sites (N-methyl/N-ethyl adjacent to an activating group) is 1. The van der Waals surface area contributed by atoms with E-state index in [1.54, 1.807) is 25.3 Å². The molecule has 2 aromatic rings. The van der Waals surface area contributed by atoms with Crippen molar-refractivity contribution in [3.8, 4) is 5.75 Å². The topological polar surface area (TPSA) is 79.4 Å². The molecule has 0 radical (unpaired) electrons. The number of amides is 1. The van der Waals surface area contributed by atoms with Crippen molar-refractivity contribution in [1.29, 1.82) is 0 Å². The van der Waals surface area contributed by atoms with Gasteiger partial charge in [-0.05, 0) is 32.3 Å². The molecule has 0 unspecified atom stereocenters. The zero-order valence-corrected chi connectivity index (χ0v) is 14.6. The number of benzene rings is 1. The lowest BCUT2D eigenvalue weighted by atomic mass is 10.3. The number of halogens is 1. The lowest BCUT2D eigenvalue weighted by Gasteiger charge is -2.11. The largest absolute Gasteiger partial charge is 0.495 e. The second-order valence-electron chi connectivity index (χ2n) is 5.32. The molecule has 0 atom stereocenters. The maximum Gasteiger partial charge on any atom is 0.271 e. The summed E-state index contributed by atoms with van der Waals surface area (Å²) < 4.78 is 5.26. The monoisotopic (exact) mass is 349 g/mol. The van der Waals surface area contributed by atoms with Crippen LogP contribution in [0.15, 0.2) is 30.6 Å². The molecule has 0 saturated carbocycles. The molecule has 0 aliphatic carbocycles. The van der Waals surface area contributed by atoms with Gasteiger partial charge >= 0.3 is 0 Å². The summed E-state index contributed by atoms with van der Waals surface area (Å²) in [4.78, 5) is 22.3. The lowest BCUT2D eigenvalue weighted by Crippen LogP contribution is -2.31. The van der Waals surface area contributed by atoms with Gasteiger partial charge < -0.3 is 20.3 Å².